The summed E-state index contributed by atoms with van der Waals surface area (Å²) in [6.07, 6.45) is 1.78. The molecule has 0 aromatic heterocycles. The van der Waals surface area contributed by atoms with E-state index in [2.05, 4.69) is 4.99 Å². The van der Waals surface area contributed by atoms with Gasteiger partial charge in [0.1, 0.15) is 0 Å². The lowest BCUT2D eigenvalue weighted by Crippen LogP contribution is -2.23. The van der Waals surface area contributed by atoms with Gasteiger partial charge in [-0.1, -0.05) is 6.07 Å². The van der Waals surface area contributed by atoms with Gasteiger partial charge in [-0.2, -0.15) is 0 Å². The van der Waals surface area contributed by atoms with E-state index in [1.807, 2.05) is 19.1 Å². The Labute approximate surface area is 172 Å². The molecule has 1 amide bonds. The van der Waals surface area contributed by atoms with Gasteiger partial charge in [0.05, 0.1) is 29.9 Å². The minimum atomic E-state index is -0.997. The monoisotopic (exact) mass is 412 g/mol. The first-order valence-corrected chi connectivity index (χ1v) is 9.65. The minimum absolute atomic E-state index is 0.162. The summed E-state index contributed by atoms with van der Waals surface area (Å²) in [5.74, 6) is 0.0803. The molecule has 2 aromatic rings. The third-order valence-corrected chi connectivity index (χ3v) is 5.19. The molecule has 0 saturated carbocycles. The second-order valence-electron chi connectivity index (χ2n) is 6.06. The van der Waals surface area contributed by atoms with Crippen molar-refractivity contribution in [3.8, 4) is 11.5 Å². The van der Waals surface area contributed by atoms with Gasteiger partial charge in [0.25, 0.3) is 5.91 Å². The Morgan fingerprint density at radius 2 is 1.93 bits per heavy atom. The van der Waals surface area contributed by atoms with Crippen LogP contribution in [0.15, 0.2) is 52.4 Å². The molecule has 0 aliphatic carbocycles. The van der Waals surface area contributed by atoms with Crippen LogP contribution in [0, 0.1) is 0 Å². The zero-order chi connectivity index (χ0) is 21.0. The second kappa shape index (κ2) is 8.83. The summed E-state index contributed by atoms with van der Waals surface area (Å²) in [7, 11) is 3.23. The first kappa shape index (κ1) is 20.5. The van der Waals surface area contributed by atoms with E-state index in [-0.39, 0.29) is 11.5 Å². The Bertz CT molecular complexity index is 999. The molecular weight excluding hydrogens is 392 g/mol. The second-order valence-corrected chi connectivity index (χ2v) is 7.07. The summed E-state index contributed by atoms with van der Waals surface area (Å²) in [5.41, 5.74) is 1.56. The first-order valence-electron chi connectivity index (χ1n) is 8.83. The lowest BCUT2D eigenvalue weighted by molar-refractivity contribution is -0.121. The van der Waals surface area contributed by atoms with Gasteiger partial charge in [-0.05, 0) is 66.7 Å². The smallest absolute Gasteiger partial charge is 0.335 e. The average molecular weight is 412 g/mol. The van der Waals surface area contributed by atoms with E-state index in [9.17, 15) is 9.59 Å². The van der Waals surface area contributed by atoms with Crippen LogP contribution in [0.5, 0.6) is 11.5 Å². The maximum atomic E-state index is 12.6. The largest absolute Gasteiger partial charge is 0.493 e. The fraction of sp³-hybridized carbons (Fsp3) is 0.190. The number of nitrogens with zero attached hydrogens (tertiary/aromatic N) is 2. The topological polar surface area (TPSA) is 88.4 Å². The molecular formula is C21H20N2O5S. The first-order chi connectivity index (χ1) is 13.9. The van der Waals surface area contributed by atoms with Crippen LogP contribution < -0.4 is 9.47 Å². The third kappa shape index (κ3) is 4.60. The number of aliphatic imine (C=N–C) groups is 1. The molecule has 0 radical (unpaired) electrons. The highest BCUT2D eigenvalue weighted by Crippen LogP contribution is 2.35. The summed E-state index contributed by atoms with van der Waals surface area (Å²) in [6.45, 7) is 2.39. The SMILES string of the molecule is CCOc1cc(/C=C2\SC(=Nc3ccc(C(=O)O)cc3)N(C)C2=O)ccc1OC. The van der Waals surface area contributed by atoms with Crippen molar-refractivity contribution in [1.82, 2.24) is 4.90 Å². The van der Waals surface area contributed by atoms with E-state index >= 15 is 0 Å². The third-order valence-electron chi connectivity index (χ3n) is 4.13. The van der Waals surface area contributed by atoms with Crippen molar-refractivity contribution in [3.63, 3.8) is 0 Å². The van der Waals surface area contributed by atoms with Gasteiger partial charge in [0.2, 0.25) is 0 Å². The number of benzene rings is 2. The van der Waals surface area contributed by atoms with E-state index in [0.29, 0.717) is 33.9 Å². The maximum Gasteiger partial charge on any atom is 0.335 e. The molecule has 2 aromatic carbocycles. The molecule has 29 heavy (non-hydrogen) atoms. The van der Waals surface area contributed by atoms with Crippen molar-refractivity contribution in [2.24, 2.45) is 4.99 Å². The zero-order valence-corrected chi connectivity index (χ0v) is 17.0. The number of amidine groups is 1. The fourth-order valence-corrected chi connectivity index (χ4v) is 3.63. The zero-order valence-electron chi connectivity index (χ0n) is 16.2. The lowest BCUT2D eigenvalue weighted by atomic mass is 10.2. The van der Waals surface area contributed by atoms with E-state index in [1.165, 1.54) is 28.8 Å². The Morgan fingerprint density at radius 1 is 1.21 bits per heavy atom. The van der Waals surface area contributed by atoms with Gasteiger partial charge >= 0.3 is 5.97 Å². The van der Waals surface area contributed by atoms with E-state index in [1.54, 1.807) is 38.4 Å². The number of carbonyl (C=O) groups excluding carboxylic acids is 1. The number of likely N-dealkylation sites (N-methyl/N-ethyl adjacent to an activating group) is 1. The number of hydrogen-bond donors (Lipinski definition) is 1. The number of hydrogen-bond acceptors (Lipinski definition) is 6. The molecule has 0 unspecified atom stereocenters. The summed E-state index contributed by atoms with van der Waals surface area (Å²) >= 11 is 1.26. The van der Waals surface area contributed by atoms with Crippen LogP contribution in [-0.2, 0) is 4.79 Å². The number of ether oxygens (including phenoxy) is 2. The molecule has 1 N–H and O–H groups in total. The van der Waals surface area contributed by atoms with Crippen molar-refractivity contribution in [2.75, 3.05) is 20.8 Å². The molecule has 1 saturated heterocycles. The Balaban J connectivity index is 1.86. The Morgan fingerprint density at radius 3 is 2.55 bits per heavy atom. The van der Waals surface area contributed by atoms with Gasteiger partial charge in [0, 0.05) is 7.05 Å². The van der Waals surface area contributed by atoms with Crippen LogP contribution in [0.1, 0.15) is 22.8 Å². The van der Waals surface area contributed by atoms with Gasteiger partial charge in [-0.3, -0.25) is 9.69 Å². The number of amides is 1. The van der Waals surface area contributed by atoms with Crippen LogP contribution in [-0.4, -0.2) is 47.8 Å². The molecule has 7 nitrogen and oxygen atoms in total. The number of rotatable bonds is 6. The number of aromatic carboxylic acids is 1. The molecule has 0 atom stereocenters. The molecule has 1 aliphatic heterocycles. The summed E-state index contributed by atoms with van der Waals surface area (Å²) < 4.78 is 10.9. The molecule has 3 rings (SSSR count). The van der Waals surface area contributed by atoms with Crippen molar-refractivity contribution >= 4 is 40.6 Å². The quantitative estimate of drug-likeness (QED) is 0.721. The fourth-order valence-electron chi connectivity index (χ4n) is 2.64. The Hall–Kier alpha value is -3.26. The predicted molar refractivity (Wildman–Crippen MR) is 113 cm³/mol. The number of carboxylic acid groups (broad SMARTS) is 1. The van der Waals surface area contributed by atoms with Gasteiger partial charge in [-0.25, -0.2) is 9.79 Å². The summed E-state index contributed by atoms with van der Waals surface area (Å²) in [5, 5.41) is 9.50. The predicted octanol–water partition coefficient (Wildman–Crippen LogP) is 4.03. The van der Waals surface area contributed by atoms with Crippen LogP contribution >= 0.6 is 11.8 Å². The molecule has 0 spiro atoms. The standard InChI is InChI=1S/C21H20N2O5S/c1-4-28-17-11-13(5-10-16(17)27-3)12-18-19(24)23(2)21(29-18)22-15-8-6-14(7-9-15)20(25)26/h5-12H,4H2,1-3H3,(H,25,26)/b18-12-,22-21?. The highest BCUT2D eigenvalue weighted by molar-refractivity contribution is 8.18. The molecule has 1 heterocycles. The average Bonchev–Trinajstić information content (AvgIpc) is 2.97. The minimum Gasteiger partial charge on any atom is -0.493 e. The van der Waals surface area contributed by atoms with Crippen LogP contribution in [0.2, 0.25) is 0 Å². The maximum absolute atomic E-state index is 12.6. The highest BCUT2D eigenvalue weighted by atomic mass is 32.2. The van der Waals surface area contributed by atoms with Gasteiger partial charge in [0.15, 0.2) is 16.7 Å². The van der Waals surface area contributed by atoms with Crippen molar-refractivity contribution < 1.29 is 24.2 Å². The van der Waals surface area contributed by atoms with Crippen LogP contribution in [0.25, 0.3) is 6.08 Å². The van der Waals surface area contributed by atoms with E-state index in [4.69, 9.17) is 14.6 Å². The summed E-state index contributed by atoms with van der Waals surface area (Å²) in [4.78, 5) is 30.0. The van der Waals surface area contributed by atoms with Crippen molar-refractivity contribution in [2.45, 2.75) is 6.92 Å². The van der Waals surface area contributed by atoms with Crippen LogP contribution in [0.4, 0.5) is 5.69 Å². The van der Waals surface area contributed by atoms with Crippen LogP contribution in [0.3, 0.4) is 0 Å². The van der Waals surface area contributed by atoms with E-state index < -0.39 is 5.97 Å². The normalized spacial score (nSPS) is 16.5. The number of carbonyl (C=O) groups is 2. The summed E-state index contributed by atoms with van der Waals surface area (Å²) in [6, 6.07) is 11.6. The van der Waals surface area contributed by atoms with Gasteiger partial charge < -0.3 is 14.6 Å². The Kier molecular flexibility index (Phi) is 6.23. The van der Waals surface area contributed by atoms with Crippen molar-refractivity contribution in [3.05, 3.63) is 58.5 Å². The molecule has 150 valence electrons. The molecule has 0 bridgehead atoms. The highest BCUT2D eigenvalue weighted by Gasteiger charge is 2.30. The van der Waals surface area contributed by atoms with Crippen molar-refractivity contribution in [1.29, 1.82) is 0 Å². The lowest BCUT2D eigenvalue weighted by Gasteiger charge is -2.09. The number of thioether (sulfide) groups is 1. The molecule has 8 heteroatoms. The van der Waals surface area contributed by atoms with Gasteiger partial charge in [-0.15, -0.1) is 0 Å². The molecule has 1 fully saturated rings. The number of carboxylic acids is 1. The van der Waals surface area contributed by atoms with E-state index in [0.717, 1.165) is 5.56 Å². The number of methoxy groups -OCH3 is 1. The molecule has 1 aliphatic rings.